The number of hydrogen-bond donors (Lipinski definition) is 1. The van der Waals surface area contributed by atoms with E-state index >= 15 is 0 Å². The molecular weight excluding hydrogens is 373 g/mol. The minimum atomic E-state index is -0.401. The van der Waals surface area contributed by atoms with Gasteiger partial charge in [0.15, 0.2) is 0 Å². The first-order chi connectivity index (χ1) is 13.9. The highest BCUT2D eigenvalue weighted by Crippen LogP contribution is 2.19. The third-order valence-electron chi connectivity index (χ3n) is 4.49. The summed E-state index contributed by atoms with van der Waals surface area (Å²) in [5.74, 6) is -1.00. The van der Waals surface area contributed by atoms with Gasteiger partial charge in [-0.05, 0) is 62.7 Å². The molecule has 0 fully saturated rings. The van der Waals surface area contributed by atoms with Gasteiger partial charge < -0.3 is 10.1 Å². The molecule has 0 spiro atoms. The van der Waals surface area contributed by atoms with Crippen molar-refractivity contribution in [2.24, 2.45) is 0 Å². The molecule has 0 aliphatic carbocycles. The van der Waals surface area contributed by atoms with Crippen LogP contribution in [0.4, 0.5) is 4.39 Å². The second kappa shape index (κ2) is 8.68. The van der Waals surface area contributed by atoms with Crippen molar-refractivity contribution in [2.45, 2.75) is 27.3 Å². The van der Waals surface area contributed by atoms with E-state index in [1.54, 1.807) is 61.9 Å². The lowest BCUT2D eigenvalue weighted by Crippen LogP contribution is -2.22. The highest BCUT2D eigenvalue weighted by atomic mass is 19.1. The summed E-state index contributed by atoms with van der Waals surface area (Å²) in [5, 5.41) is 7.19. The minimum Gasteiger partial charge on any atom is -0.462 e. The Kier molecular flexibility index (Phi) is 6.07. The summed E-state index contributed by atoms with van der Waals surface area (Å²) >= 11 is 0. The molecule has 1 N–H and O–H groups in total. The number of carbonyl (C=O) groups excluding carboxylic acids is 2. The van der Waals surface area contributed by atoms with Crippen LogP contribution in [0.1, 0.15) is 44.6 Å². The molecule has 0 unspecified atom stereocenters. The molecule has 0 atom stereocenters. The van der Waals surface area contributed by atoms with Gasteiger partial charge in [0.25, 0.3) is 5.91 Å². The molecule has 3 aromatic rings. The molecule has 7 heteroatoms. The summed E-state index contributed by atoms with van der Waals surface area (Å²) in [7, 11) is 0. The maximum absolute atomic E-state index is 13.2. The average molecular weight is 395 g/mol. The Morgan fingerprint density at radius 3 is 2.52 bits per heavy atom. The van der Waals surface area contributed by atoms with E-state index in [1.165, 1.54) is 12.1 Å². The zero-order valence-corrected chi connectivity index (χ0v) is 16.5. The molecule has 0 saturated heterocycles. The Morgan fingerprint density at radius 2 is 1.86 bits per heavy atom. The van der Waals surface area contributed by atoms with E-state index in [9.17, 15) is 14.0 Å². The summed E-state index contributed by atoms with van der Waals surface area (Å²) in [4.78, 5) is 24.5. The van der Waals surface area contributed by atoms with Gasteiger partial charge in [-0.15, -0.1) is 0 Å². The highest BCUT2D eigenvalue weighted by molar-refractivity contribution is 5.94. The number of aryl methyl sites for hydroxylation is 1. The second-order valence-corrected chi connectivity index (χ2v) is 6.54. The van der Waals surface area contributed by atoms with Crippen LogP contribution in [-0.2, 0) is 11.3 Å². The Labute approximate surface area is 168 Å². The summed E-state index contributed by atoms with van der Waals surface area (Å²) in [6, 6.07) is 13.0. The fraction of sp³-hybridized carbons (Fsp3) is 0.227. The van der Waals surface area contributed by atoms with Crippen molar-refractivity contribution in [3.05, 3.63) is 82.4 Å². The Balaban J connectivity index is 1.74. The van der Waals surface area contributed by atoms with Gasteiger partial charge in [0.05, 0.1) is 23.7 Å². The number of nitrogens with zero attached hydrogens (tertiary/aromatic N) is 2. The van der Waals surface area contributed by atoms with E-state index in [2.05, 4.69) is 10.4 Å². The van der Waals surface area contributed by atoms with Gasteiger partial charge in [0, 0.05) is 12.1 Å². The van der Waals surface area contributed by atoms with Crippen LogP contribution in [-0.4, -0.2) is 28.3 Å². The lowest BCUT2D eigenvalue weighted by molar-refractivity contribution is 0.0524. The molecule has 0 bridgehead atoms. The zero-order chi connectivity index (χ0) is 21.0. The SMILES string of the molecule is CCOC(=O)c1c(C)nn(-c2ccc(C(=O)NCc3cccc(F)c3)cc2)c1C. The van der Waals surface area contributed by atoms with E-state index in [0.717, 1.165) is 5.69 Å². The quantitative estimate of drug-likeness (QED) is 0.646. The standard InChI is InChI=1S/C22H22FN3O3/c1-4-29-22(28)20-14(2)25-26(15(20)3)19-10-8-17(9-11-19)21(27)24-13-16-6-5-7-18(23)12-16/h5-12H,4,13H2,1-3H3,(H,24,27). The van der Waals surface area contributed by atoms with Crippen LogP contribution in [0, 0.1) is 19.7 Å². The monoisotopic (exact) mass is 395 g/mol. The van der Waals surface area contributed by atoms with E-state index in [1.807, 2.05) is 0 Å². The van der Waals surface area contributed by atoms with Crippen molar-refractivity contribution in [3.8, 4) is 5.69 Å². The van der Waals surface area contributed by atoms with Gasteiger partial charge in [0.1, 0.15) is 11.4 Å². The number of esters is 1. The van der Waals surface area contributed by atoms with Crippen molar-refractivity contribution in [1.82, 2.24) is 15.1 Å². The molecule has 6 nitrogen and oxygen atoms in total. The summed E-state index contributed by atoms with van der Waals surface area (Å²) in [6.45, 7) is 5.84. The van der Waals surface area contributed by atoms with E-state index in [-0.39, 0.29) is 18.3 Å². The van der Waals surface area contributed by atoms with Gasteiger partial charge >= 0.3 is 5.97 Å². The lowest BCUT2D eigenvalue weighted by Gasteiger charge is -2.08. The van der Waals surface area contributed by atoms with E-state index in [4.69, 9.17) is 4.74 Å². The number of rotatable bonds is 6. The fourth-order valence-corrected chi connectivity index (χ4v) is 3.08. The molecule has 1 amide bonds. The predicted molar refractivity (Wildman–Crippen MR) is 107 cm³/mol. The normalized spacial score (nSPS) is 10.6. The smallest absolute Gasteiger partial charge is 0.341 e. The van der Waals surface area contributed by atoms with Gasteiger partial charge in [-0.3, -0.25) is 4.79 Å². The van der Waals surface area contributed by atoms with Gasteiger partial charge in [-0.25, -0.2) is 13.9 Å². The van der Waals surface area contributed by atoms with Crippen LogP contribution in [0.5, 0.6) is 0 Å². The maximum atomic E-state index is 13.2. The molecule has 150 valence electrons. The first kappa shape index (κ1) is 20.3. The Morgan fingerprint density at radius 1 is 1.14 bits per heavy atom. The third-order valence-corrected chi connectivity index (χ3v) is 4.49. The van der Waals surface area contributed by atoms with Gasteiger partial charge in [0.2, 0.25) is 0 Å². The molecule has 1 aromatic heterocycles. The maximum Gasteiger partial charge on any atom is 0.341 e. The van der Waals surface area contributed by atoms with Crippen molar-refractivity contribution >= 4 is 11.9 Å². The minimum absolute atomic E-state index is 0.235. The number of hydrogen-bond acceptors (Lipinski definition) is 4. The summed E-state index contributed by atoms with van der Waals surface area (Å²) in [6.07, 6.45) is 0. The van der Waals surface area contributed by atoms with Crippen LogP contribution in [0.15, 0.2) is 48.5 Å². The van der Waals surface area contributed by atoms with Crippen molar-refractivity contribution in [1.29, 1.82) is 0 Å². The number of carbonyl (C=O) groups is 2. The lowest BCUT2D eigenvalue weighted by atomic mass is 10.1. The molecule has 1 heterocycles. The number of ether oxygens (including phenoxy) is 1. The zero-order valence-electron chi connectivity index (χ0n) is 16.5. The first-order valence-electron chi connectivity index (χ1n) is 9.27. The molecular formula is C22H22FN3O3. The van der Waals surface area contributed by atoms with Crippen molar-refractivity contribution < 1.29 is 18.7 Å². The number of benzene rings is 2. The third kappa shape index (κ3) is 4.51. The van der Waals surface area contributed by atoms with Crippen LogP contribution in [0.3, 0.4) is 0 Å². The molecule has 0 saturated carbocycles. The van der Waals surface area contributed by atoms with Crippen LogP contribution in [0.2, 0.25) is 0 Å². The Bertz CT molecular complexity index is 1040. The first-order valence-corrected chi connectivity index (χ1v) is 9.27. The summed E-state index contributed by atoms with van der Waals surface area (Å²) < 4.78 is 20.0. The number of halogens is 1. The number of amides is 1. The highest BCUT2D eigenvalue weighted by Gasteiger charge is 2.20. The van der Waals surface area contributed by atoms with Gasteiger partial charge in [-0.1, -0.05) is 12.1 Å². The van der Waals surface area contributed by atoms with E-state index < -0.39 is 5.97 Å². The fourth-order valence-electron chi connectivity index (χ4n) is 3.08. The molecule has 2 aromatic carbocycles. The van der Waals surface area contributed by atoms with Crippen molar-refractivity contribution in [3.63, 3.8) is 0 Å². The van der Waals surface area contributed by atoms with E-state index in [0.29, 0.717) is 34.7 Å². The molecule has 0 aliphatic heterocycles. The Hall–Kier alpha value is -3.48. The van der Waals surface area contributed by atoms with Gasteiger partial charge in [-0.2, -0.15) is 5.10 Å². The summed E-state index contributed by atoms with van der Waals surface area (Å²) in [5.41, 5.74) is 3.58. The second-order valence-electron chi connectivity index (χ2n) is 6.54. The van der Waals surface area contributed by atoms with Crippen LogP contribution >= 0.6 is 0 Å². The number of aromatic nitrogens is 2. The molecule has 0 radical (unpaired) electrons. The number of nitrogens with one attached hydrogen (secondary N) is 1. The average Bonchev–Trinajstić information content (AvgIpc) is 3.00. The van der Waals surface area contributed by atoms with Crippen LogP contribution < -0.4 is 5.32 Å². The van der Waals surface area contributed by atoms with Crippen LogP contribution in [0.25, 0.3) is 5.69 Å². The molecule has 29 heavy (non-hydrogen) atoms. The topological polar surface area (TPSA) is 73.2 Å². The predicted octanol–water partition coefficient (Wildman–Crippen LogP) is 3.73. The van der Waals surface area contributed by atoms with Crippen molar-refractivity contribution in [2.75, 3.05) is 6.61 Å². The largest absolute Gasteiger partial charge is 0.462 e. The molecule has 0 aliphatic rings. The molecule has 3 rings (SSSR count).